The molecule has 3 aromatic rings. The summed E-state index contributed by atoms with van der Waals surface area (Å²) in [6.07, 6.45) is 1.75. The van der Waals surface area contributed by atoms with Crippen LogP contribution in [-0.2, 0) is 9.59 Å². The van der Waals surface area contributed by atoms with E-state index in [4.69, 9.17) is 11.6 Å². The first-order valence-electron chi connectivity index (χ1n) is 8.02. The number of anilines is 1. The molecule has 0 N–H and O–H groups in total. The molecule has 0 spiro atoms. The third-order valence-electron chi connectivity index (χ3n) is 4.72. The number of halogens is 1. The number of carbonyl (C=O) groups excluding carboxylic acids is 2. The Bertz CT molecular complexity index is 1020. The van der Waals surface area contributed by atoms with E-state index in [0.717, 1.165) is 22.2 Å². The minimum Gasteiger partial charge on any atom is -0.317 e. The number of amides is 2. The third-order valence-corrected chi connectivity index (χ3v) is 4.95. The zero-order valence-corrected chi connectivity index (χ0v) is 14.6. The van der Waals surface area contributed by atoms with Crippen LogP contribution in [0.2, 0.25) is 5.02 Å². The van der Waals surface area contributed by atoms with E-state index in [1.54, 1.807) is 35.2 Å². The van der Waals surface area contributed by atoms with Crippen molar-refractivity contribution in [3.8, 4) is 0 Å². The second-order valence-electron chi connectivity index (χ2n) is 6.34. The largest absolute Gasteiger partial charge is 0.317 e. The molecule has 1 fully saturated rings. The number of imidazole rings is 1. The van der Waals surface area contributed by atoms with Crippen molar-refractivity contribution in [3.63, 3.8) is 0 Å². The van der Waals surface area contributed by atoms with Gasteiger partial charge in [-0.1, -0.05) is 17.7 Å². The molecule has 0 bridgehead atoms. The van der Waals surface area contributed by atoms with Crippen LogP contribution in [0.25, 0.3) is 11.0 Å². The summed E-state index contributed by atoms with van der Waals surface area (Å²) >= 11 is 6.00. The van der Waals surface area contributed by atoms with Crippen LogP contribution in [0.5, 0.6) is 0 Å². The van der Waals surface area contributed by atoms with Crippen LogP contribution in [-0.4, -0.2) is 21.4 Å². The molecule has 1 aliphatic heterocycles. The van der Waals surface area contributed by atoms with Crippen LogP contribution < -0.4 is 4.90 Å². The number of carbonyl (C=O) groups is 2. The van der Waals surface area contributed by atoms with E-state index in [2.05, 4.69) is 4.98 Å². The van der Waals surface area contributed by atoms with Gasteiger partial charge in [-0.15, -0.1) is 0 Å². The number of hydrogen-bond donors (Lipinski definition) is 0. The molecule has 0 saturated carbocycles. The molecule has 0 radical (unpaired) electrons. The normalized spacial score (nSPS) is 17.7. The van der Waals surface area contributed by atoms with Crippen molar-refractivity contribution < 1.29 is 9.59 Å². The second-order valence-corrected chi connectivity index (χ2v) is 6.78. The van der Waals surface area contributed by atoms with Gasteiger partial charge in [-0.3, -0.25) is 9.59 Å². The molecule has 6 heteroatoms. The molecule has 1 aliphatic rings. The summed E-state index contributed by atoms with van der Waals surface area (Å²) in [4.78, 5) is 31.0. The fourth-order valence-electron chi connectivity index (χ4n) is 3.25. The van der Waals surface area contributed by atoms with Crippen molar-refractivity contribution in [2.75, 3.05) is 4.90 Å². The lowest BCUT2D eigenvalue weighted by atomic mass is 10.1. The molecule has 2 aromatic carbocycles. The lowest BCUT2D eigenvalue weighted by molar-refractivity contribution is -0.122. The highest BCUT2D eigenvalue weighted by molar-refractivity contribution is 6.31. The maximum Gasteiger partial charge on any atom is 0.257 e. The summed E-state index contributed by atoms with van der Waals surface area (Å²) in [5.41, 5.74) is 4.46. The summed E-state index contributed by atoms with van der Waals surface area (Å²) in [7, 11) is 0. The Morgan fingerprint density at radius 1 is 1.12 bits per heavy atom. The van der Waals surface area contributed by atoms with Crippen LogP contribution in [0.4, 0.5) is 5.69 Å². The Labute approximate surface area is 149 Å². The maximum absolute atomic E-state index is 12.9. The second kappa shape index (κ2) is 5.70. The number of hydrogen-bond acceptors (Lipinski definition) is 3. The highest BCUT2D eigenvalue weighted by Gasteiger charge is 2.41. The molecule has 25 heavy (non-hydrogen) atoms. The van der Waals surface area contributed by atoms with Gasteiger partial charge in [0.25, 0.3) is 5.91 Å². The summed E-state index contributed by atoms with van der Waals surface area (Å²) in [5, 5.41) is 0.487. The quantitative estimate of drug-likeness (QED) is 0.658. The third kappa shape index (κ3) is 2.51. The zero-order chi connectivity index (χ0) is 17.7. The zero-order valence-electron chi connectivity index (χ0n) is 13.9. The molecule has 1 atom stereocenters. The number of imide groups is 1. The number of fused-ring (bicyclic) bond motifs is 1. The number of aromatic nitrogens is 2. The van der Waals surface area contributed by atoms with Crippen molar-refractivity contribution in [2.24, 2.45) is 0 Å². The fraction of sp³-hybridized carbons (Fsp3) is 0.211. The Morgan fingerprint density at radius 2 is 1.88 bits per heavy atom. The lowest BCUT2D eigenvalue weighted by Gasteiger charge is -2.16. The number of rotatable bonds is 2. The van der Waals surface area contributed by atoms with E-state index >= 15 is 0 Å². The Balaban J connectivity index is 1.77. The highest BCUT2D eigenvalue weighted by Crippen LogP contribution is 2.33. The van der Waals surface area contributed by atoms with Crippen molar-refractivity contribution in [3.05, 3.63) is 58.9 Å². The van der Waals surface area contributed by atoms with Crippen LogP contribution >= 0.6 is 11.6 Å². The predicted molar refractivity (Wildman–Crippen MR) is 96.8 cm³/mol. The molecule has 1 aromatic heterocycles. The molecule has 2 amide bonds. The van der Waals surface area contributed by atoms with Crippen LogP contribution in [0, 0.1) is 13.8 Å². The van der Waals surface area contributed by atoms with Crippen LogP contribution in [0.1, 0.15) is 23.6 Å². The minimum absolute atomic E-state index is 0.115. The van der Waals surface area contributed by atoms with Gasteiger partial charge in [0.15, 0.2) is 0 Å². The smallest absolute Gasteiger partial charge is 0.257 e. The van der Waals surface area contributed by atoms with Gasteiger partial charge < -0.3 is 4.57 Å². The summed E-state index contributed by atoms with van der Waals surface area (Å²) in [6, 6.07) is 10.2. The number of benzene rings is 2. The Morgan fingerprint density at radius 3 is 2.64 bits per heavy atom. The predicted octanol–water partition coefficient (Wildman–Crippen LogP) is 3.81. The van der Waals surface area contributed by atoms with E-state index in [1.165, 1.54) is 4.90 Å². The standard InChI is InChI=1S/C19H16ClN3O2/c1-11-6-15-16(7-12(11)2)22(10-21-15)17-9-18(24)23(19(17)25)14-5-3-4-13(20)8-14/h3-8,10,17H,9H2,1-2H3/t17-/m0/s1. The van der Waals surface area contributed by atoms with Crippen LogP contribution in [0.3, 0.4) is 0 Å². The van der Waals surface area contributed by atoms with Gasteiger partial charge in [-0.25, -0.2) is 9.88 Å². The molecule has 2 heterocycles. The van der Waals surface area contributed by atoms with Crippen LogP contribution in [0.15, 0.2) is 42.7 Å². The highest BCUT2D eigenvalue weighted by atomic mass is 35.5. The van der Waals surface area contributed by atoms with Gasteiger partial charge in [-0.05, 0) is 55.3 Å². The Kier molecular flexibility index (Phi) is 3.62. The van der Waals surface area contributed by atoms with E-state index in [9.17, 15) is 9.59 Å². The first kappa shape index (κ1) is 15.8. The Hall–Kier alpha value is -2.66. The molecule has 126 valence electrons. The number of nitrogens with zero attached hydrogens (tertiary/aromatic N) is 3. The topological polar surface area (TPSA) is 55.2 Å². The van der Waals surface area contributed by atoms with E-state index in [0.29, 0.717) is 10.7 Å². The molecule has 5 nitrogen and oxygen atoms in total. The average Bonchev–Trinajstić information content (AvgIpc) is 3.08. The minimum atomic E-state index is -0.585. The molecule has 4 rings (SSSR count). The summed E-state index contributed by atoms with van der Waals surface area (Å²) < 4.78 is 1.80. The molecule has 0 aliphatic carbocycles. The fourth-order valence-corrected chi connectivity index (χ4v) is 3.44. The summed E-state index contributed by atoms with van der Waals surface area (Å²) in [5.74, 6) is -0.493. The first-order valence-corrected chi connectivity index (χ1v) is 8.39. The van der Waals surface area contributed by atoms with E-state index < -0.39 is 6.04 Å². The monoisotopic (exact) mass is 353 g/mol. The van der Waals surface area contributed by atoms with E-state index in [1.807, 2.05) is 26.0 Å². The molecular formula is C19H16ClN3O2. The molecule has 1 saturated heterocycles. The van der Waals surface area contributed by atoms with E-state index in [-0.39, 0.29) is 18.2 Å². The maximum atomic E-state index is 12.9. The molecular weight excluding hydrogens is 338 g/mol. The first-order chi connectivity index (χ1) is 12.0. The van der Waals surface area contributed by atoms with Gasteiger partial charge in [0.1, 0.15) is 6.04 Å². The molecule has 0 unspecified atom stereocenters. The van der Waals surface area contributed by atoms with Crippen molar-refractivity contribution in [2.45, 2.75) is 26.3 Å². The van der Waals surface area contributed by atoms with Crippen molar-refractivity contribution >= 4 is 40.1 Å². The van der Waals surface area contributed by atoms with Gasteiger partial charge in [0.05, 0.1) is 29.5 Å². The van der Waals surface area contributed by atoms with Gasteiger partial charge in [0, 0.05) is 5.02 Å². The van der Waals surface area contributed by atoms with Gasteiger partial charge in [0.2, 0.25) is 5.91 Å². The lowest BCUT2D eigenvalue weighted by Crippen LogP contribution is -2.31. The van der Waals surface area contributed by atoms with Gasteiger partial charge >= 0.3 is 0 Å². The van der Waals surface area contributed by atoms with Gasteiger partial charge in [-0.2, -0.15) is 0 Å². The average molecular weight is 354 g/mol. The number of aryl methyl sites for hydroxylation is 2. The SMILES string of the molecule is Cc1cc2ncn([C@H]3CC(=O)N(c4cccc(Cl)c4)C3=O)c2cc1C. The van der Waals surface area contributed by atoms with Crippen molar-refractivity contribution in [1.82, 2.24) is 9.55 Å². The summed E-state index contributed by atoms with van der Waals surface area (Å²) in [6.45, 7) is 4.05. The van der Waals surface area contributed by atoms with Crippen molar-refractivity contribution in [1.29, 1.82) is 0 Å².